The first kappa shape index (κ1) is 15.7. The van der Waals surface area contributed by atoms with Crippen LogP contribution in [0.5, 0.6) is 5.75 Å². The van der Waals surface area contributed by atoms with Crippen molar-refractivity contribution in [1.82, 2.24) is 10.6 Å². The standard InChI is InChI=1S/C10H11Br3N2O.ClH/c11-5-3-6(12)10(16)9(13)8(5)7-4-14-1-2-15-7;/h3,7,14-16H,1-2,4H2;1H/t7-;/m1./s1. The van der Waals surface area contributed by atoms with Gasteiger partial charge >= 0.3 is 0 Å². The van der Waals surface area contributed by atoms with Crippen LogP contribution in [0.25, 0.3) is 0 Å². The molecule has 1 atom stereocenters. The second kappa shape index (κ2) is 6.73. The van der Waals surface area contributed by atoms with Crippen molar-refractivity contribution >= 4 is 60.2 Å². The van der Waals surface area contributed by atoms with E-state index in [2.05, 4.69) is 58.4 Å². The molecule has 1 fully saturated rings. The van der Waals surface area contributed by atoms with Crippen molar-refractivity contribution in [3.63, 3.8) is 0 Å². The van der Waals surface area contributed by atoms with Crippen LogP contribution in [0.1, 0.15) is 11.6 Å². The normalized spacial score (nSPS) is 19.8. The average Bonchev–Trinajstić information content (AvgIpc) is 2.28. The Bertz CT molecular complexity index is 411. The van der Waals surface area contributed by atoms with Gasteiger partial charge in [0, 0.05) is 35.7 Å². The van der Waals surface area contributed by atoms with E-state index in [0.717, 1.165) is 34.1 Å². The molecule has 1 heterocycles. The minimum Gasteiger partial charge on any atom is -0.506 e. The lowest BCUT2D eigenvalue weighted by molar-refractivity contribution is 0.422. The van der Waals surface area contributed by atoms with Crippen LogP contribution in [-0.4, -0.2) is 24.7 Å². The smallest absolute Gasteiger partial charge is 0.144 e. The number of piperazine rings is 1. The van der Waals surface area contributed by atoms with Crippen molar-refractivity contribution in [1.29, 1.82) is 0 Å². The number of nitrogens with one attached hydrogen (secondary N) is 2. The molecule has 3 N–H and O–H groups in total. The highest BCUT2D eigenvalue weighted by atomic mass is 79.9. The summed E-state index contributed by atoms with van der Waals surface area (Å²) >= 11 is 10.3. The summed E-state index contributed by atoms with van der Waals surface area (Å²) in [7, 11) is 0. The summed E-state index contributed by atoms with van der Waals surface area (Å²) < 4.78 is 2.39. The van der Waals surface area contributed by atoms with Gasteiger partial charge in [0.15, 0.2) is 0 Å². The van der Waals surface area contributed by atoms with Crippen molar-refractivity contribution in [3.8, 4) is 5.75 Å². The Balaban J connectivity index is 0.00000144. The third kappa shape index (κ3) is 3.36. The minimum absolute atomic E-state index is 0. The second-order valence-electron chi connectivity index (χ2n) is 3.63. The lowest BCUT2D eigenvalue weighted by atomic mass is 10.1. The van der Waals surface area contributed by atoms with Crippen LogP contribution < -0.4 is 10.6 Å². The summed E-state index contributed by atoms with van der Waals surface area (Å²) in [5.41, 5.74) is 1.05. The fourth-order valence-corrected chi connectivity index (χ4v) is 4.44. The number of phenols is 1. The molecule has 7 heteroatoms. The zero-order valence-corrected chi connectivity index (χ0v) is 14.3. The molecular weight excluding hydrogens is 439 g/mol. The van der Waals surface area contributed by atoms with E-state index in [4.69, 9.17) is 0 Å². The highest BCUT2D eigenvalue weighted by molar-refractivity contribution is 9.11. The summed E-state index contributed by atoms with van der Waals surface area (Å²) in [6.45, 7) is 2.77. The fraction of sp³-hybridized carbons (Fsp3) is 0.400. The van der Waals surface area contributed by atoms with E-state index in [1.807, 2.05) is 6.07 Å². The summed E-state index contributed by atoms with van der Waals surface area (Å²) in [5.74, 6) is 0.241. The Morgan fingerprint density at radius 3 is 2.47 bits per heavy atom. The molecule has 0 unspecified atom stereocenters. The lowest BCUT2D eigenvalue weighted by Crippen LogP contribution is -2.42. The molecule has 0 spiro atoms. The van der Waals surface area contributed by atoms with Crippen LogP contribution in [0, 0.1) is 0 Å². The van der Waals surface area contributed by atoms with Crippen molar-refractivity contribution in [2.24, 2.45) is 0 Å². The Kier molecular flexibility index (Phi) is 6.22. The molecule has 17 heavy (non-hydrogen) atoms. The third-order valence-corrected chi connectivity index (χ3v) is 4.63. The van der Waals surface area contributed by atoms with Crippen LogP contribution in [0.2, 0.25) is 0 Å². The van der Waals surface area contributed by atoms with E-state index in [9.17, 15) is 5.11 Å². The molecule has 1 aliphatic heterocycles. The van der Waals surface area contributed by atoms with Gasteiger partial charge in [-0.15, -0.1) is 12.4 Å². The van der Waals surface area contributed by atoms with Gasteiger partial charge in [0.05, 0.1) is 8.95 Å². The van der Waals surface area contributed by atoms with Crippen LogP contribution in [0.4, 0.5) is 0 Å². The zero-order chi connectivity index (χ0) is 11.7. The largest absolute Gasteiger partial charge is 0.506 e. The maximum Gasteiger partial charge on any atom is 0.144 e. The van der Waals surface area contributed by atoms with Gasteiger partial charge in [-0.25, -0.2) is 0 Å². The SMILES string of the molecule is Cl.Oc1c(Br)cc(Br)c([C@H]2CNCCN2)c1Br. The molecule has 2 rings (SSSR count). The van der Waals surface area contributed by atoms with Crippen LogP contribution in [0.15, 0.2) is 19.5 Å². The third-order valence-electron chi connectivity index (χ3n) is 2.57. The maximum atomic E-state index is 9.88. The van der Waals surface area contributed by atoms with Gasteiger partial charge in [0.1, 0.15) is 5.75 Å². The number of halogens is 4. The highest BCUT2D eigenvalue weighted by Crippen LogP contribution is 2.42. The minimum atomic E-state index is 0. The van der Waals surface area contributed by atoms with E-state index < -0.39 is 0 Å². The van der Waals surface area contributed by atoms with E-state index in [1.54, 1.807) is 0 Å². The van der Waals surface area contributed by atoms with Gasteiger partial charge in [-0.3, -0.25) is 0 Å². The number of benzene rings is 1. The van der Waals surface area contributed by atoms with Gasteiger partial charge in [-0.05, 0) is 37.9 Å². The summed E-state index contributed by atoms with van der Waals surface area (Å²) in [5, 5.41) is 16.6. The molecule has 96 valence electrons. The Labute approximate surface area is 132 Å². The topological polar surface area (TPSA) is 44.3 Å². The molecule has 1 aliphatic rings. The van der Waals surface area contributed by atoms with E-state index >= 15 is 0 Å². The van der Waals surface area contributed by atoms with Gasteiger partial charge in [-0.1, -0.05) is 15.9 Å². The summed E-state index contributed by atoms with van der Waals surface area (Å²) in [6.07, 6.45) is 0. The van der Waals surface area contributed by atoms with Crippen molar-refractivity contribution in [3.05, 3.63) is 25.0 Å². The van der Waals surface area contributed by atoms with Gasteiger partial charge in [0.25, 0.3) is 0 Å². The molecule has 1 aromatic carbocycles. The van der Waals surface area contributed by atoms with Crippen molar-refractivity contribution in [2.45, 2.75) is 6.04 Å². The highest BCUT2D eigenvalue weighted by Gasteiger charge is 2.22. The van der Waals surface area contributed by atoms with Crippen molar-refractivity contribution in [2.75, 3.05) is 19.6 Å². The molecule has 0 saturated carbocycles. The summed E-state index contributed by atoms with van der Waals surface area (Å²) in [6, 6.07) is 2.07. The van der Waals surface area contributed by atoms with Crippen LogP contribution in [-0.2, 0) is 0 Å². The Morgan fingerprint density at radius 2 is 1.88 bits per heavy atom. The Morgan fingerprint density at radius 1 is 1.18 bits per heavy atom. The van der Waals surface area contributed by atoms with Crippen LogP contribution >= 0.6 is 60.2 Å². The number of hydrogen-bond donors (Lipinski definition) is 3. The molecule has 0 aliphatic carbocycles. The maximum absolute atomic E-state index is 9.88. The molecule has 0 radical (unpaired) electrons. The van der Waals surface area contributed by atoms with E-state index in [0.29, 0.717) is 4.47 Å². The quantitative estimate of drug-likeness (QED) is 0.614. The van der Waals surface area contributed by atoms with Crippen molar-refractivity contribution < 1.29 is 5.11 Å². The predicted molar refractivity (Wildman–Crippen MR) is 82.1 cm³/mol. The summed E-state index contributed by atoms with van der Waals surface area (Å²) in [4.78, 5) is 0. The molecule has 0 bridgehead atoms. The molecule has 3 nitrogen and oxygen atoms in total. The van der Waals surface area contributed by atoms with Gasteiger partial charge < -0.3 is 15.7 Å². The number of hydrogen-bond acceptors (Lipinski definition) is 3. The predicted octanol–water partition coefficient (Wildman–Crippen LogP) is 3.34. The van der Waals surface area contributed by atoms with Crippen LogP contribution in [0.3, 0.4) is 0 Å². The second-order valence-corrected chi connectivity index (χ2v) is 6.13. The lowest BCUT2D eigenvalue weighted by Gasteiger charge is -2.27. The van der Waals surface area contributed by atoms with E-state index in [-0.39, 0.29) is 24.2 Å². The molecule has 1 saturated heterocycles. The first-order valence-corrected chi connectivity index (χ1v) is 7.29. The van der Waals surface area contributed by atoms with Gasteiger partial charge in [-0.2, -0.15) is 0 Å². The van der Waals surface area contributed by atoms with Gasteiger partial charge in [0.2, 0.25) is 0 Å². The monoisotopic (exact) mass is 448 g/mol. The molecule has 0 aromatic heterocycles. The average molecular weight is 451 g/mol. The zero-order valence-electron chi connectivity index (χ0n) is 8.77. The number of rotatable bonds is 1. The fourth-order valence-electron chi connectivity index (χ4n) is 1.77. The molecule has 1 aromatic rings. The number of aromatic hydroxyl groups is 1. The first-order valence-electron chi connectivity index (χ1n) is 4.91. The molecule has 0 amide bonds. The first-order chi connectivity index (χ1) is 7.61. The Hall–Kier alpha value is 0.670. The van der Waals surface area contributed by atoms with E-state index in [1.165, 1.54) is 0 Å². The number of phenolic OH excluding ortho intramolecular Hbond substituents is 1. The molecular formula is C10H12Br3ClN2O.